The zero-order chi connectivity index (χ0) is 29.9. The summed E-state index contributed by atoms with van der Waals surface area (Å²) in [7, 11) is 0. The quantitative estimate of drug-likeness (QED) is 0.390. The Morgan fingerprint density at radius 3 is 1.92 bits per heavy atom. The van der Waals surface area contributed by atoms with Crippen LogP contribution in [0.4, 0.5) is 10.5 Å². The summed E-state index contributed by atoms with van der Waals surface area (Å²) in [6.07, 6.45) is -0.708. The van der Waals surface area contributed by atoms with E-state index in [2.05, 4.69) is 10.6 Å². The van der Waals surface area contributed by atoms with Crippen LogP contribution in [0.15, 0.2) is 36.4 Å². The number of amides is 3. The van der Waals surface area contributed by atoms with Crippen LogP contribution in [-0.4, -0.2) is 45.1 Å². The number of carbonyl (C=O) groups excluding carboxylic acids is 3. The van der Waals surface area contributed by atoms with Crippen molar-refractivity contribution in [2.45, 2.75) is 99.4 Å². The second kappa shape index (κ2) is 12.1. The van der Waals surface area contributed by atoms with Crippen molar-refractivity contribution in [3.8, 4) is 5.75 Å². The van der Waals surface area contributed by atoms with Crippen molar-refractivity contribution in [1.82, 2.24) is 10.2 Å². The maximum atomic E-state index is 14.3. The van der Waals surface area contributed by atoms with Gasteiger partial charge in [-0.3, -0.25) is 9.59 Å². The Morgan fingerprint density at radius 2 is 1.46 bits per heavy atom. The number of ether oxygens (including phenoxy) is 1. The molecule has 2 unspecified atom stereocenters. The standard InChI is InChI=1S/C31H45N3O5/c1-18(2)24(33-29(38)39-31(9,10)11)28(37)34(30(6,7)8)26(22-15-16-23(35)21(5)17-22)27(36)32-25-19(3)13-12-14-20(25)4/h12-18,24,26,35H,1-11H3,(H,32,36)(H,33,38). The van der Waals surface area contributed by atoms with Crippen LogP contribution in [0.5, 0.6) is 5.75 Å². The van der Waals surface area contributed by atoms with Gasteiger partial charge in [0.2, 0.25) is 5.91 Å². The van der Waals surface area contributed by atoms with Crippen LogP contribution in [0, 0.1) is 26.7 Å². The summed E-state index contributed by atoms with van der Waals surface area (Å²) >= 11 is 0. The fraction of sp³-hybridized carbons (Fsp3) is 0.516. The summed E-state index contributed by atoms with van der Waals surface area (Å²) in [5.41, 5.74) is 2.01. The molecule has 0 saturated heterocycles. The Kier molecular flexibility index (Phi) is 9.82. The zero-order valence-corrected chi connectivity index (χ0v) is 25.2. The number of hydrogen-bond acceptors (Lipinski definition) is 5. The summed E-state index contributed by atoms with van der Waals surface area (Å²) in [6.45, 7) is 20.0. The topological polar surface area (TPSA) is 108 Å². The van der Waals surface area contributed by atoms with Crippen LogP contribution in [0.25, 0.3) is 0 Å². The summed E-state index contributed by atoms with van der Waals surface area (Å²) in [4.78, 5) is 42.7. The van der Waals surface area contributed by atoms with Gasteiger partial charge in [0, 0.05) is 11.2 Å². The normalized spacial score (nSPS) is 13.4. The van der Waals surface area contributed by atoms with Crippen LogP contribution in [0.2, 0.25) is 0 Å². The lowest BCUT2D eigenvalue weighted by atomic mass is 9.92. The molecule has 3 N–H and O–H groups in total. The van der Waals surface area contributed by atoms with E-state index in [1.165, 1.54) is 11.0 Å². The van der Waals surface area contributed by atoms with E-state index in [0.29, 0.717) is 16.8 Å². The van der Waals surface area contributed by atoms with E-state index in [4.69, 9.17) is 4.74 Å². The number of nitrogens with one attached hydrogen (secondary N) is 2. The number of anilines is 1. The Hall–Kier alpha value is -3.55. The van der Waals surface area contributed by atoms with E-state index in [9.17, 15) is 19.5 Å². The minimum absolute atomic E-state index is 0.0907. The number of aryl methyl sites for hydroxylation is 3. The number of rotatable bonds is 7. The van der Waals surface area contributed by atoms with Gasteiger partial charge in [-0.05, 0) is 103 Å². The fourth-order valence-electron chi connectivity index (χ4n) is 4.41. The van der Waals surface area contributed by atoms with Crippen molar-refractivity contribution in [3.05, 3.63) is 58.7 Å². The highest BCUT2D eigenvalue weighted by Gasteiger charge is 2.43. The molecule has 0 saturated carbocycles. The van der Waals surface area contributed by atoms with Crippen LogP contribution in [0.3, 0.4) is 0 Å². The third-order valence-corrected chi connectivity index (χ3v) is 6.34. The average Bonchev–Trinajstić information content (AvgIpc) is 2.77. The van der Waals surface area contributed by atoms with Crippen LogP contribution < -0.4 is 10.6 Å². The van der Waals surface area contributed by atoms with Gasteiger partial charge in [-0.15, -0.1) is 0 Å². The predicted molar refractivity (Wildman–Crippen MR) is 155 cm³/mol. The summed E-state index contributed by atoms with van der Waals surface area (Å²) < 4.78 is 5.43. The monoisotopic (exact) mass is 539 g/mol. The van der Waals surface area contributed by atoms with Crippen LogP contribution >= 0.6 is 0 Å². The first-order chi connectivity index (χ1) is 17.8. The Morgan fingerprint density at radius 1 is 0.897 bits per heavy atom. The molecule has 0 aromatic heterocycles. The lowest BCUT2D eigenvalue weighted by molar-refractivity contribution is -0.147. The van der Waals surface area contributed by atoms with Gasteiger partial charge in [-0.2, -0.15) is 0 Å². The molecule has 0 spiro atoms. The number of alkyl carbamates (subject to hydrolysis) is 1. The maximum Gasteiger partial charge on any atom is 0.408 e. The molecule has 0 aliphatic heterocycles. The molecular weight excluding hydrogens is 494 g/mol. The largest absolute Gasteiger partial charge is 0.508 e. The van der Waals surface area contributed by atoms with E-state index < -0.39 is 41.1 Å². The molecule has 3 amide bonds. The SMILES string of the molecule is Cc1cc(C(C(=O)Nc2c(C)cccc2C)N(C(=O)C(NC(=O)OC(C)(C)C)C(C)C)C(C)(C)C)ccc1O. The predicted octanol–water partition coefficient (Wildman–Crippen LogP) is 6.17. The molecule has 0 radical (unpaired) electrons. The Balaban J connectivity index is 2.66. The molecule has 2 rings (SSSR count). The van der Waals surface area contributed by atoms with Gasteiger partial charge in [-0.25, -0.2) is 4.79 Å². The third kappa shape index (κ3) is 8.22. The van der Waals surface area contributed by atoms with E-state index in [-0.39, 0.29) is 11.7 Å². The minimum Gasteiger partial charge on any atom is -0.508 e. The van der Waals surface area contributed by atoms with Gasteiger partial charge in [0.1, 0.15) is 23.4 Å². The first-order valence-corrected chi connectivity index (χ1v) is 13.3. The number of benzene rings is 2. The van der Waals surface area contributed by atoms with Crippen molar-refractivity contribution < 1.29 is 24.2 Å². The number of hydrogen-bond donors (Lipinski definition) is 3. The fourth-order valence-corrected chi connectivity index (χ4v) is 4.41. The number of nitrogens with zero attached hydrogens (tertiary/aromatic N) is 1. The maximum absolute atomic E-state index is 14.3. The number of para-hydroxylation sites is 1. The third-order valence-electron chi connectivity index (χ3n) is 6.34. The van der Waals surface area contributed by atoms with Crippen molar-refractivity contribution in [2.75, 3.05) is 5.32 Å². The molecule has 2 aromatic rings. The molecular formula is C31H45N3O5. The van der Waals surface area contributed by atoms with Crippen molar-refractivity contribution in [1.29, 1.82) is 0 Å². The minimum atomic E-state index is -1.06. The molecule has 214 valence electrons. The molecule has 39 heavy (non-hydrogen) atoms. The molecule has 2 aromatic carbocycles. The lowest BCUT2D eigenvalue weighted by Crippen LogP contribution is -2.59. The number of phenolic OH excluding ortho intramolecular Hbond substituents is 1. The lowest BCUT2D eigenvalue weighted by Gasteiger charge is -2.43. The molecule has 8 heteroatoms. The van der Waals surface area contributed by atoms with E-state index in [1.54, 1.807) is 39.8 Å². The zero-order valence-electron chi connectivity index (χ0n) is 25.2. The second-order valence-electron chi connectivity index (χ2n) is 12.5. The van der Waals surface area contributed by atoms with Crippen molar-refractivity contribution in [3.63, 3.8) is 0 Å². The van der Waals surface area contributed by atoms with Gasteiger partial charge >= 0.3 is 6.09 Å². The van der Waals surface area contributed by atoms with E-state index in [0.717, 1.165) is 11.1 Å². The Bertz CT molecular complexity index is 1190. The first kappa shape index (κ1) is 31.7. The van der Waals surface area contributed by atoms with Gasteiger partial charge in [0.15, 0.2) is 0 Å². The van der Waals surface area contributed by atoms with E-state index in [1.807, 2.05) is 66.7 Å². The van der Waals surface area contributed by atoms with Crippen LogP contribution in [-0.2, 0) is 14.3 Å². The van der Waals surface area contributed by atoms with Crippen molar-refractivity contribution in [2.24, 2.45) is 5.92 Å². The molecule has 0 fully saturated rings. The van der Waals surface area contributed by atoms with Crippen molar-refractivity contribution >= 4 is 23.6 Å². The van der Waals surface area contributed by atoms with Crippen LogP contribution in [0.1, 0.15) is 83.7 Å². The molecule has 2 atom stereocenters. The van der Waals surface area contributed by atoms with Gasteiger partial charge in [0.05, 0.1) is 0 Å². The second-order valence-corrected chi connectivity index (χ2v) is 12.5. The van der Waals surface area contributed by atoms with Gasteiger partial charge in [-0.1, -0.05) is 38.1 Å². The molecule has 0 bridgehead atoms. The number of aromatic hydroxyl groups is 1. The highest BCUT2D eigenvalue weighted by molar-refractivity contribution is 6.00. The smallest absolute Gasteiger partial charge is 0.408 e. The number of carbonyl (C=O) groups is 3. The van der Waals surface area contributed by atoms with Gasteiger partial charge in [0.25, 0.3) is 5.91 Å². The first-order valence-electron chi connectivity index (χ1n) is 13.3. The Labute approximate surface area is 233 Å². The summed E-state index contributed by atoms with van der Waals surface area (Å²) in [5, 5.41) is 16.0. The summed E-state index contributed by atoms with van der Waals surface area (Å²) in [6, 6.07) is 8.61. The average molecular weight is 540 g/mol. The molecule has 0 aliphatic carbocycles. The van der Waals surface area contributed by atoms with E-state index >= 15 is 0 Å². The highest BCUT2D eigenvalue weighted by atomic mass is 16.6. The number of phenols is 1. The highest BCUT2D eigenvalue weighted by Crippen LogP contribution is 2.34. The van der Waals surface area contributed by atoms with Gasteiger partial charge < -0.3 is 25.4 Å². The molecule has 8 nitrogen and oxygen atoms in total. The molecule has 0 heterocycles. The summed E-state index contributed by atoms with van der Waals surface area (Å²) in [5.74, 6) is -1.03. The molecule has 0 aliphatic rings.